The lowest BCUT2D eigenvalue weighted by atomic mass is 9.69. The Kier molecular flexibility index (Phi) is 7.77. The summed E-state index contributed by atoms with van der Waals surface area (Å²) >= 11 is 3.45. The quantitative estimate of drug-likeness (QED) is 0.437. The summed E-state index contributed by atoms with van der Waals surface area (Å²) in [5.41, 5.74) is 0.783. The largest absolute Gasteiger partial charge is 0.477 e. The van der Waals surface area contributed by atoms with Crippen LogP contribution in [0.3, 0.4) is 0 Å². The number of benzene rings is 2. The van der Waals surface area contributed by atoms with Crippen molar-refractivity contribution in [1.29, 1.82) is 0 Å². The lowest BCUT2D eigenvalue weighted by Crippen LogP contribution is -2.36. The van der Waals surface area contributed by atoms with Gasteiger partial charge in [-0.05, 0) is 88.9 Å². The summed E-state index contributed by atoms with van der Waals surface area (Å²) in [5.74, 6) is 0.408. The molecule has 170 valence electrons. The maximum atomic E-state index is 12.7. The number of nitrogens with one attached hydrogen (secondary N) is 1. The van der Waals surface area contributed by atoms with Gasteiger partial charge in [0.15, 0.2) is 0 Å². The molecule has 0 heterocycles. The molecule has 1 fully saturated rings. The van der Waals surface area contributed by atoms with E-state index in [1.807, 2.05) is 24.3 Å². The fourth-order valence-electron chi connectivity index (χ4n) is 4.06. The van der Waals surface area contributed by atoms with E-state index in [4.69, 9.17) is 4.74 Å². The Hall–Kier alpha value is -2.60. The van der Waals surface area contributed by atoms with Crippen LogP contribution in [0.25, 0.3) is 6.08 Å². The van der Waals surface area contributed by atoms with Crippen LogP contribution in [0.15, 0.2) is 58.7 Å². The molecular formula is C26H30BrNO4. The minimum absolute atomic E-state index is 0.118. The number of carboxylic acid groups (broad SMARTS) is 1. The van der Waals surface area contributed by atoms with Gasteiger partial charge in [-0.15, -0.1) is 0 Å². The van der Waals surface area contributed by atoms with E-state index in [-0.39, 0.29) is 22.9 Å². The summed E-state index contributed by atoms with van der Waals surface area (Å²) in [5, 5.41) is 12.2. The number of para-hydroxylation sites is 1. The van der Waals surface area contributed by atoms with E-state index >= 15 is 0 Å². The standard InChI is InChI=1S/C26H30BrNO4/c1-26(2,3)19-12-10-18(11-13-19)24(29)28-22(25(30)31)16-17-8-14-20(15-9-17)32-23-7-5-4-6-21(23)27/h4-9,14-16,18-19H,10-13H2,1-3H3,(H,28,29)(H,30,31). The van der Waals surface area contributed by atoms with Crippen molar-refractivity contribution in [2.75, 3.05) is 0 Å². The zero-order valence-corrected chi connectivity index (χ0v) is 20.3. The van der Waals surface area contributed by atoms with Crippen molar-refractivity contribution in [3.05, 3.63) is 64.3 Å². The number of carboxylic acids is 1. The molecule has 2 aromatic rings. The Labute approximate surface area is 198 Å². The summed E-state index contributed by atoms with van der Waals surface area (Å²) in [6.07, 6.45) is 5.05. The molecule has 0 spiro atoms. The van der Waals surface area contributed by atoms with Crippen molar-refractivity contribution in [2.24, 2.45) is 17.3 Å². The van der Waals surface area contributed by atoms with E-state index in [1.54, 1.807) is 24.3 Å². The summed E-state index contributed by atoms with van der Waals surface area (Å²) in [6, 6.07) is 14.6. The van der Waals surface area contributed by atoms with Crippen LogP contribution in [0.1, 0.15) is 52.0 Å². The number of halogens is 1. The lowest BCUT2D eigenvalue weighted by molar-refractivity contribution is -0.135. The van der Waals surface area contributed by atoms with Gasteiger partial charge in [-0.2, -0.15) is 0 Å². The summed E-state index contributed by atoms with van der Waals surface area (Å²) in [6.45, 7) is 6.70. The van der Waals surface area contributed by atoms with Crippen LogP contribution < -0.4 is 10.1 Å². The van der Waals surface area contributed by atoms with Crippen LogP contribution in [0.5, 0.6) is 11.5 Å². The van der Waals surface area contributed by atoms with Crippen LogP contribution in [-0.4, -0.2) is 17.0 Å². The minimum Gasteiger partial charge on any atom is -0.477 e. The van der Waals surface area contributed by atoms with Gasteiger partial charge in [0.05, 0.1) is 4.47 Å². The fourth-order valence-corrected chi connectivity index (χ4v) is 4.43. The van der Waals surface area contributed by atoms with Gasteiger partial charge in [0.2, 0.25) is 5.91 Å². The van der Waals surface area contributed by atoms with Crippen LogP contribution in [-0.2, 0) is 9.59 Å². The molecule has 0 atom stereocenters. The third-order valence-corrected chi connectivity index (χ3v) is 6.72. The molecule has 2 aromatic carbocycles. The summed E-state index contributed by atoms with van der Waals surface area (Å²) in [4.78, 5) is 24.4. The zero-order chi connectivity index (χ0) is 23.3. The Morgan fingerprint density at radius 3 is 2.22 bits per heavy atom. The lowest BCUT2D eigenvalue weighted by Gasteiger charge is -2.36. The highest BCUT2D eigenvalue weighted by Crippen LogP contribution is 2.39. The maximum absolute atomic E-state index is 12.7. The van der Waals surface area contributed by atoms with Crippen molar-refractivity contribution >= 4 is 33.9 Å². The molecule has 1 amide bonds. The highest BCUT2D eigenvalue weighted by molar-refractivity contribution is 9.10. The van der Waals surface area contributed by atoms with E-state index in [2.05, 4.69) is 42.0 Å². The molecule has 32 heavy (non-hydrogen) atoms. The number of rotatable bonds is 6. The molecule has 0 bridgehead atoms. The smallest absolute Gasteiger partial charge is 0.352 e. The Morgan fingerprint density at radius 2 is 1.66 bits per heavy atom. The van der Waals surface area contributed by atoms with Gasteiger partial charge in [-0.25, -0.2) is 4.79 Å². The fraction of sp³-hybridized carbons (Fsp3) is 0.385. The number of hydrogen-bond donors (Lipinski definition) is 2. The minimum atomic E-state index is -1.16. The first kappa shape index (κ1) is 24.1. The molecule has 0 aromatic heterocycles. The van der Waals surface area contributed by atoms with E-state index in [0.29, 0.717) is 23.0 Å². The van der Waals surface area contributed by atoms with Gasteiger partial charge in [-0.1, -0.05) is 45.0 Å². The van der Waals surface area contributed by atoms with Crippen molar-refractivity contribution in [3.63, 3.8) is 0 Å². The molecule has 2 N–H and O–H groups in total. The van der Waals surface area contributed by atoms with Crippen LogP contribution in [0.2, 0.25) is 0 Å². The van der Waals surface area contributed by atoms with Gasteiger partial charge in [0.1, 0.15) is 17.2 Å². The van der Waals surface area contributed by atoms with Gasteiger partial charge >= 0.3 is 5.97 Å². The van der Waals surface area contributed by atoms with Gasteiger partial charge in [-0.3, -0.25) is 4.79 Å². The Balaban J connectivity index is 1.64. The van der Waals surface area contributed by atoms with Crippen LogP contribution in [0, 0.1) is 17.3 Å². The van der Waals surface area contributed by atoms with E-state index in [0.717, 1.165) is 30.2 Å². The van der Waals surface area contributed by atoms with Crippen molar-refractivity contribution in [3.8, 4) is 11.5 Å². The molecule has 0 aliphatic heterocycles. The first-order chi connectivity index (χ1) is 15.1. The number of carbonyl (C=O) groups is 2. The second-order valence-corrected chi connectivity index (χ2v) is 10.2. The second kappa shape index (κ2) is 10.3. The number of hydrogen-bond acceptors (Lipinski definition) is 3. The van der Waals surface area contributed by atoms with Gasteiger partial charge in [0, 0.05) is 5.92 Å². The van der Waals surface area contributed by atoms with Gasteiger partial charge < -0.3 is 15.2 Å². The first-order valence-electron chi connectivity index (χ1n) is 10.9. The molecule has 0 radical (unpaired) electrons. The molecule has 0 unspecified atom stereocenters. The molecule has 0 saturated heterocycles. The monoisotopic (exact) mass is 499 g/mol. The van der Waals surface area contributed by atoms with Crippen molar-refractivity contribution < 1.29 is 19.4 Å². The Bertz CT molecular complexity index is 984. The van der Waals surface area contributed by atoms with Crippen LogP contribution in [0.4, 0.5) is 0 Å². The molecule has 1 aliphatic carbocycles. The zero-order valence-electron chi connectivity index (χ0n) is 18.7. The number of amides is 1. The predicted molar refractivity (Wildman–Crippen MR) is 129 cm³/mol. The second-order valence-electron chi connectivity index (χ2n) is 9.37. The molecular weight excluding hydrogens is 470 g/mol. The maximum Gasteiger partial charge on any atom is 0.352 e. The molecule has 3 rings (SSSR count). The average molecular weight is 500 g/mol. The first-order valence-corrected chi connectivity index (χ1v) is 11.7. The number of aliphatic carboxylic acids is 1. The topological polar surface area (TPSA) is 75.6 Å². The normalized spacial score (nSPS) is 19.3. The highest BCUT2D eigenvalue weighted by Gasteiger charge is 2.32. The SMILES string of the molecule is CC(C)(C)C1CCC(C(=O)NC(=Cc2ccc(Oc3ccccc3Br)cc2)C(=O)O)CC1. The summed E-state index contributed by atoms with van der Waals surface area (Å²) < 4.78 is 6.68. The number of ether oxygens (including phenoxy) is 1. The average Bonchev–Trinajstić information content (AvgIpc) is 2.75. The summed E-state index contributed by atoms with van der Waals surface area (Å²) in [7, 11) is 0. The number of carbonyl (C=O) groups excluding carboxylic acids is 1. The third-order valence-electron chi connectivity index (χ3n) is 6.07. The van der Waals surface area contributed by atoms with E-state index in [1.165, 1.54) is 6.08 Å². The molecule has 1 aliphatic rings. The van der Waals surface area contributed by atoms with Crippen molar-refractivity contribution in [1.82, 2.24) is 5.32 Å². The Morgan fingerprint density at radius 1 is 1.03 bits per heavy atom. The molecule has 5 nitrogen and oxygen atoms in total. The van der Waals surface area contributed by atoms with Crippen molar-refractivity contribution in [2.45, 2.75) is 46.5 Å². The highest BCUT2D eigenvalue weighted by atomic mass is 79.9. The predicted octanol–water partition coefficient (Wildman–Crippen LogP) is 6.64. The molecule has 1 saturated carbocycles. The van der Waals surface area contributed by atoms with Crippen LogP contribution >= 0.6 is 15.9 Å². The molecule has 6 heteroatoms. The van der Waals surface area contributed by atoms with Gasteiger partial charge in [0.25, 0.3) is 0 Å². The third kappa shape index (κ3) is 6.45. The van der Waals surface area contributed by atoms with E-state index in [9.17, 15) is 14.7 Å². The van der Waals surface area contributed by atoms with E-state index < -0.39 is 5.97 Å².